The van der Waals surface area contributed by atoms with Gasteiger partial charge in [-0.2, -0.15) is 0 Å². The van der Waals surface area contributed by atoms with Gasteiger partial charge < -0.3 is 10.6 Å². The van der Waals surface area contributed by atoms with E-state index in [-0.39, 0.29) is 0 Å². The second-order valence-electron chi connectivity index (χ2n) is 5.26. The molecular weight excluding hydrogens is 232 g/mol. The van der Waals surface area contributed by atoms with Crippen LogP contribution < -0.4 is 10.6 Å². The molecule has 0 spiro atoms. The molecule has 2 rings (SSSR count). The van der Waals surface area contributed by atoms with Gasteiger partial charge in [0.15, 0.2) is 0 Å². The van der Waals surface area contributed by atoms with Gasteiger partial charge in [0, 0.05) is 18.8 Å². The summed E-state index contributed by atoms with van der Waals surface area (Å²) >= 11 is 6.29. The fraction of sp³-hybridized carbons (Fsp3) is 0.571. The minimum atomic E-state index is 0.720. The lowest BCUT2D eigenvalue weighted by molar-refractivity contribution is 0.446. The SMILES string of the molecule is Cc1cc(N2CCCC(C)C2)c(C)c(Cl)c1N. The van der Waals surface area contributed by atoms with E-state index < -0.39 is 0 Å². The van der Waals surface area contributed by atoms with Crippen LogP contribution in [0.4, 0.5) is 11.4 Å². The fourth-order valence-electron chi connectivity index (χ4n) is 2.62. The lowest BCUT2D eigenvalue weighted by atomic mass is 9.98. The van der Waals surface area contributed by atoms with Crippen molar-refractivity contribution in [3.63, 3.8) is 0 Å². The number of piperidine rings is 1. The maximum Gasteiger partial charge on any atom is 0.0687 e. The number of nitrogens with zero attached hydrogens (tertiary/aromatic N) is 1. The third kappa shape index (κ3) is 2.37. The minimum Gasteiger partial charge on any atom is -0.397 e. The molecule has 1 heterocycles. The zero-order chi connectivity index (χ0) is 12.6. The average molecular weight is 253 g/mol. The number of rotatable bonds is 1. The van der Waals surface area contributed by atoms with Crippen LogP contribution in [0.15, 0.2) is 6.07 Å². The van der Waals surface area contributed by atoms with Gasteiger partial charge in [0.05, 0.1) is 10.7 Å². The maximum atomic E-state index is 6.29. The van der Waals surface area contributed by atoms with Gasteiger partial charge in [0.1, 0.15) is 0 Å². The number of anilines is 2. The van der Waals surface area contributed by atoms with E-state index in [2.05, 4.69) is 24.8 Å². The van der Waals surface area contributed by atoms with E-state index in [0.717, 1.165) is 40.8 Å². The Hall–Kier alpha value is -0.890. The van der Waals surface area contributed by atoms with Gasteiger partial charge in [0.2, 0.25) is 0 Å². The smallest absolute Gasteiger partial charge is 0.0687 e. The predicted octanol–water partition coefficient (Wildman–Crippen LogP) is 3.78. The normalized spacial score (nSPS) is 20.7. The highest BCUT2D eigenvalue weighted by molar-refractivity contribution is 6.34. The summed E-state index contributed by atoms with van der Waals surface area (Å²) in [4.78, 5) is 2.45. The molecule has 94 valence electrons. The van der Waals surface area contributed by atoms with Crippen LogP contribution >= 0.6 is 11.6 Å². The molecule has 1 fully saturated rings. The van der Waals surface area contributed by atoms with Crippen LogP contribution in [0.2, 0.25) is 5.02 Å². The van der Waals surface area contributed by atoms with E-state index in [1.807, 2.05) is 6.92 Å². The van der Waals surface area contributed by atoms with Crippen molar-refractivity contribution in [2.75, 3.05) is 23.7 Å². The molecule has 3 heteroatoms. The molecule has 0 aromatic heterocycles. The number of nitrogen functional groups attached to an aromatic ring is 1. The maximum absolute atomic E-state index is 6.29. The summed E-state index contributed by atoms with van der Waals surface area (Å²) in [7, 11) is 0. The number of aryl methyl sites for hydroxylation is 1. The van der Waals surface area contributed by atoms with Crippen LogP contribution in [0.5, 0.6) is 0 Å². The molecule has 0 radical (unpaired) electrons. The quantitative estimate of drug-likeness (QED) is 0.771. The van der Waals surface area contributed by atoms with Gasteiger partial charge in [0.25, 0.3) is 0 Å². The largest absolute Gasteiger partial charge is 0.397 e. The van der Waals surface area contributed by atoms with Crippen LogP contribution in [-0.2, 0) is 0 Å². The van der Waals surface area contributed by atoms with Crippen molar-refractivity contribution in [2.45, 2.75) is 33.6 Å². The van der Waals surface area contributed by atoms with E-state index in [1.165, 1.54) is 18.5 Å². The van der Waals surface area contributed by atoms with Crippen LogP contribution in [0.1, 0.15) is 30.9 Å². The Labute approximate surface area is 109 Å². The Morgan fingerprint density at radius 3 is 2.76 bits per heavy atom. The predicted molar refractivity (Wildman–Crippen MR) is 75.9 cm³/mol. The number of benzene rings is 1. The lowest BCUT2D eigenvalue weighted by Crippen LogP contribution is -2.34. The summed E-state index contributed by atoms with van der Waals surface area (Å²) < 4.78 is 0. The molecule has 2 nitrogen and oxygen atoms in total. The number of halogens is 1. The van der Waals surface area contributed by atoms with Gasteiger partial charge >= 0.3 is 0 Å². The van der Waals surface area contributed by atoms with E-state index in [0.29, 0.717) is 0 Å². The molecule has 0 aliphatic carbocycles. The third-order valence-electron chi connectivity index (χ3n) is 3.73. The van der Waals surface area contributed by atoms with Crippen molar-refractivity contribution >= 4 is 23.0 Å². The van der Waals surface area contributed by atoms with Gasteiger partial charge in [-0.3, -0.25) is 0 Å². The molecule has 1 aliphatic rings. The van der Waals surface area contributed by atoms with Crippen LogP contribution in [0.3, 0.4) is 0 Å². The van der Waals surface area contributed by atoms with Crippen LogP contribution in [0.25, 0.3) is 0 Å². The highest BCUT2D eigenvalue weighted by Gasteiger charge is 2.20. The van der Waals surface area contributed by atoms with Gasteiger partial charge in [-0.05, 0) is 49.8 Å². The molecular formula is C14H21ClN2. The second-order valence-corrected chi connectivity index (χ2v) is 5.64. The summed E-state index contributed by atoms with van der Waals surface area (Å²) in [6, 6.07) is 2.18. The first-order valence-corrected chi connectivity index (χ1v) is 6.68. The van der Waals surface area contributed by atoms with E-state index >= 15 is 0 Å². The van der Waals surface area contributed by atoms with Crippen molar-refractivity contribution in [2.24, 2.45) is 5.92 Å². The zero-order valence-electron chi connectivity index (χ0n) is 10.9. The molecule has 1 aromatic rings. The summed E-state index contributed by atoms with van der Waals surface area (Å²) in [6.07, 6.45) is 2.60. The molecule has 1 saturated heterocycles. The Morgan fingerprint density at radius 1 is 1.41 bits per heavy atom. The van der Waals surface area contributed by atoms with E-state index in [1.54, 1.807) is 0 Å². The van der Waals surface area contributed by atoms with Crippen LogP contribution in [0, 0.1) is 19.8 Å². The minimum absolute atomic E-state index is 0.720. The van der Waals surface area contributed by atoms with Gasteiger partial charge in [-0.15, -0.1) is 0 Å². The molecule has 0 amide bonds. The molecule has 17 heavy (non-hydrogen) atoms. The van der Waals surface area contributed by atoms with Crippen molar-refractivity contribution < 1.29 is 0 Å². The fourth-order valence-corrected chi connectivity index (χ4v) is 2.86. The van der Waals surface area contributed by atoms with Gasteiger partial charge in [-0.1, -0.05) is 18.5 Å². The number of hydrogen-bond acceptors (Lipinski definition) is 2. The highest BCUT2D eigenvalue weighted by Crippen LogP contribution is 2.35. The Balaban J connectivity index is 2.38. The zero-order valence-corrected chi connectivity index (χ0v) is 11.6. The highest BCUT2D eigenvalue weighted by atomic mass is 35.5. The molecule has 0 bridgehead atoms. The van der Waals surface area contributed by atoms with E-state index in [9.17, 15) is 0 Å². The molecule has 1 atom stereocenters. The Morgan fingerprint density at radius 2 is 2.12 bits per heavy atom. The summed E-state index contributed by atoms with van der Waals surface area (Å²) in [5.41, 5.74) is 10.1. The van der Waals surface area contributed by atoms with Crippen molar-refractivity contribution in [1.82, 2.24) is 0 Å². The first-order valence-electron chi connectivity index (χ1n) is 6.30. The molecule has 1 aliphatic heterocycles. The van der Waals surface area contributed by atoms with Crippen molar-refractivity contribution in [1.29, 1.82) is 0 Å². The first kappa shape index (κ1) is 12.6. The molecule has 1 unspecified atom stereocenters. The first-order chi connectivity index (χ1) is 8.00. The lowest BCUT2D eigenvalue weighted by Gasteiger charge is -2.34. The Bertz CT molecular complexity index is 429. The monoisotopic (exact) mass is 252 g/mol. The second kappa shape index (κ2) is 4.77. The topological polar surface area (TPSA) is 29.3 Å². The summed E-state index contributed by atoms with van der Waals surface area (Å²) in [5.74, 6) is 0.764. The van der Waals surface area contributed by atoms with Crippen molar-refractivity contribution in [3.8, 4) is 0 Å². The summed E-state index contributed by atoms with van der Waals surface area (Å²) in [5, 5.41) is 0.721. The van der Waals surface area contributed by atoms with Crippen molar-refractivity contribution in [3.05, 3.63) is 22.2 Å². The Kier molecular flexibility index (Phi) is 3.53. The van der Waals surface area contributed by atoms with Gasteiger partial charge in [-0.25, -0.2) is 0 Å². The summed E-state index contributed by atoms with van der Waals surface area (Å²) in [6.45, 7) is 8.66. The number of nitrogens with two attached hydrogens (primary N) is 1. The molecule has 2 N–H and O–H groups in total. The average Bonchev–Trinajstić information content (AvgIpc) is 2.31. The molecule has 0 saturated carbocycles. The van der Waals surface area contributed by atoms with Crippen LogP contribution in [-0.4, -0.2) is 13.1 Å². The molecule has 1 aromatic carbocycles. The standard InChI is InChI=1S/C14H21ClN2/c1-9-5-4-6-17(8-9)12-7-10(2)14(16)13(15)11(12)3/h7,9H,4-6,8,16H2,1-3H3. The third-order valence-corrected chi connectivity index (χ3v) is 4.21. The van der Waals surface area contributed by atoms with E-state index in [4.69, 9.17) is 17.3 Å². The number of hydrogen-bond donors (Lipinski definition) is 1.